The molecule has 0 saturated heterocycles. The van der Waals surface area contributed by atoms with Crippen LogP contribution in [0.5, 0.6) is 0 Å². The molecule has 2 N–H and O–H groups in total. The van der Waals surface area contributed by atoms with Gasteiger partial charge in [0.1, 0.15) is 0 Å². The van der Waals surface area contributed by atoms with Crippen LogP contribution in [-0.4, -0.2) is 12.1 Å². The zero-order chi connectivity index (χ0) is 20.5. The van der Waals surface area contributed by atoms with E-state index >= 15 is 0 Å². The molecular formula is C19H15Cl2F3N2O2. The minimum Gasteiger partial charge on any atom is -0.352 e. The Morgan fingerprint density at radius 1 is 1.18 bits per heavy atom. The second kappa shape index (κ2) is 7.66. The maximum absolute atomic E-state index is 14.0. The molecule has 28 heavy (non-hydrogen) atoms. The van der Waals surface area contributed by atoms with Crippen LogP contribution in [0, 0.1) is 0 Å². The van der Waals surface area contributed by atoms with Gasteiger partial charge in [-0.05, 0) is 35.9 Å². The van der Waals surface area contributed by atoms with E-state index in [0.29, 0.717) is 5.56 Å². The average molecular weight is 431 g/mol. The molecule has 0 saturated carbocycles. The number of carbonyl (C=O) groups excluding carboxylic acids is 1. The van der Waals surface area contributed by atoms with Gasteiger partial charge in [-0.25, -0.2) is 0 Å². The predicted molar refractivity (Wildman–Crippen MR) is 100 cm³/mol. The molecule has 148 valence electrons. The first kappa shape index (κ1) is 20.5. The smallest absolute Gasteiger partial charge is 0.352 e. The third-order valence-corrected chi connectivity index (χ3v) is 4.60. The van der Waals surface area contributed by atoms with Crippen molar-refractivity contribution >= 4 is 34.8 Å². The normalized spacial score (nSPS) is 19.1. The Bertz CT molecular complexity index is 927. The van der Waals surface area contributed by atoms with Crippen LogP contribution in [0.4, 0.5) is 13.2 Å². The lowest BCUT2D eigenvalue weighted by Gasteiger charge is -2.28. The number of alkyl halides is 3. The van der Waals surface area contributed by atoms with E-state index in [1.165, 1.54) is 13.0 Å². The number of benzene rings is 2. The van der Waals surface area contributed by atoms with E-state index in [4.69, 9.17) is 28.0 Å². The van der Waals surface area contributed by atoms with Gasteiger partial charge in [0.2, 0.25) is 11.5 Å². The van der Waals surface area contributed by atoms with E-state index in [1.54, 1.807) is 24.3 Å². The molecule has 0 radical (unpaired) electrons. The summed E-state index contributed by atoms with van der Waals surface area (Å²) in [7, 11) is 0. The van der Waals surface area contributed by atoms with Crippen molar-refractivity contribution in [3.8, 4) is 0 Å². The zero-order valence-corrected chi connectivity index (χ0v) is 16.0. The Hall–Kier alpha value is -2.22. The van der Waals surface area contributed by atoms with Gasteiger partial charge in [0, 0.05) is 34.6 Å². The molecule has 0 bridgehead atoms. The summed E-state index contributed by atoms with van der Waals surface area (Å²) in [6.45, 7) is 1.64. The topological polar surface area (TPSA) is 50.4 Å². The van der Waals surface area contributed by atoms with Crippen molar-refractivity contribution in [2.45, 2.75) is 25.2 Å². The highest BCUT2D eigenvalue weighted by Crippen LogP contribution is 2.48. The Labute approximate surface area is 169 Å². The van der Waals surface area contributed by atoms with Gasteiger partial charge >= 0.3 is 6.18 Å². The van der Waals surface area contributed by atoms with Crippen molar-refractivity contribution in [3.05, 3.63) is 75.3 Å². The van der Waals surface area contributed by atoms with Crippen LogP contribution in [0.1, 0.15) is 23.6 Å². The highest BCUT2D eigenvalue weighted by molar-refractivity contribution is 6.34. The first-order chi connectivity index (χ1) is 13.1. The Balaban J connectivity index is 2.03. The first-order valence-electron chi connectivity index (χ1n) is 8.15. The first-order valence-corrected chi connectivity index (χ1v) is 8.90. The molecule has 0 aromatic heterocycles. The largest absolute Gasteiger partial charge is 0.428 e. The van der Waals surface area contributed by atoms with E-state index in [9.17, 15) is 18.0 Å². The van der Waals surface area contributed by atoms with Crippen molar-refractivity contribution in [1.29, 1.82) is 0 Å². The summed E-state index contributed by atoms with van der Waals surface area (Å²) in [5, 5.41) is 2.77. The fraction of sp³-hybridized carbons (Fsp3) is 0.211. The number of carbonyl (C=O) groups is 1. The highest BCUT2D eigenvalue weighted by atomic mass is 35.5. The molecule has 1 aliphatic heterocycles. The standard InChI is InChI=1S/C19H15Cl2F3N2O2/c1-11(27)25-10-12-3-2-4-13(5-12)17-9-18(28-26-17,19(22,23)24)14-6-15(20)8-16(21)7-14/h2-9,26H,10H2,1H3,(H,25,27). The summed E-state index contributed by atoms with van der Waals surface area (Å²) in [6.07, 6.45) is -3.82. The van der Waals surface area contributed by atoms with Crippen LogP contribution in [0.3, 0.4) is 0 Å². The minimum absolute atomic E-state index is 0.0638. The molecular weight excluding hydrogens is 416 g/mol. The Kier molecular flexibility index (Phi) is 5.61. The number of hydrogen-bond donors (Lipinski definition) is 2. The molecule has 4 nitrogen and oxygen atoms in total. The van der Waals surface area contributed by atoms with E-state index < -0.39 is 11.8 Å². The van der Waals surface area contributed by atoms with Gasteiger partial charge in [-0.15, -0.1) is 0 Å². The van der Waals surface area contributed by atoms with Crippen LogP contribution in [0.15, 0.2) is 48.5 Å². The van der Waals surface area contributed by atoms with E-state index in [1.807, 2.05) is 0 Å². The van der Waals surface area contributed by atoms with E-state index in [0.717, 1.165) is 23.8 Å². The highest BCUT2D eigenvalue weighted by Gasteiger charge is 2.59. The van der Waals surface area contributed by atoms with Crippen LogP contribution in [-0.2, 0) is 21.8 Å². The van der Waals surface area contributed by atoms with Gasteiger partial charge in [-0.2, -0.15) is 13.2 Å². The number of hydrogen-bond acceptors (Lipinski definition) is 3. The minimum atomic E-state index is -4.77. The number of rotatable bonds is 4. The summed E-state index contributed by atoms with van der Waals surface area (Å²) < 4.78 is 42.0. The van der Waals surface area contributed by atoms with Gasteiger partial charge in [0.05, 0.1) is 5.70 Å². The monoisotopic (exact) mass is 430 g/mol. The van der Waals surface area contributed by atoms with Gasteiger partial charge < -0.3 is 5.32 Å². The van der Waals surface area contributed by atoms with Gasteiger partial charge in [0.15, 0.2) is 0 Å². The number of amides is 1. The average Bonchev–Trinajstić information content (AvgIpc) is 3.06. The second-order valence-corrected chi connectivity index (χ2v) is 7.14. The number of halogens is 5. The second-order valence-electron chi connectivity index (χ2n) is 6.26. The fourth-order valence-electron chi connectivity index (χ4n) is 2.83. The van der Waals surface area contributed by atoms with Gasteiger partial charge in [-0.1, -0.05) is 41.4 Å². The lowest BCUT2D eigenvalue weighted by molar-refractivity contribution is -0.269. The molecule has 2 aromatic rings. The van der Waals surface area contributed by atoms with Gasteiger partial charge in [0.25, 0.3) is 0 Å². The van der Waals surface area contributed by atoms with Crippen LogP contribution in [0.25, 0.3) is 5.70 Å². The molecule has 1 amide bonds. The van der Waals surface area contributed by atoms with Crippen molar-refractivity contribution in [2.24, 2.45) is 0 Å². The van der Waals surface area contributed by atoms with E-state index in [-0.39, 0.29) is 33.8 Å². The lowest BCUT2D eigenvalue weighted by atomic mass is 9.91. The summed E-state index contributed by atoms with van der Waals surface area (Å²) in [5.74, 6) is -0.208. The van der Waals surface area contributed by atoms with E-state index in [2.05, 4.69) is 10.8 Å². The van der Waals surface area contributed by atoms with Crippen molar-refractivity contribution in [1.82, 2.24) is 10.8 Å². The molecule has 1 heterocycles. The number of hydroxylamine groups is 1. The maximum Gasteiger partial charge on any atom is 0.428 e. The molecule has 0 fully saturated rings. The summed E-state index contributed by atoms with van der Waals surface area (Å²) in [4.78, 5) is 16.1. The maximum atomic E-state index is 14.0. The summed E-state index contributed by atoms with van der Waals surface area (Å²) >= 11 is 11.8. The van der Waals surface area contributed by atoms with Crippen LogP contribution in [0.2, 0.25) is 10.0 Å². The lowest BCUT2D eigenvalue weighted by Crippen LogP contribution is -2.42. The number of nitrogens with one attached hydrogen (secondary N) is 2. The Morgan fingerprint density at radius 2 is 1.86 bits per heavy atom. The molecule has 0 spiro atoms. The SMILES string of the molecule is CC(=O)NCc1cccc(C2=CC(c3cc(Cl)cc(Cl)c3)(C(F)(F)F)ON2)c1. The van der Waals surface area contributed by atoms with Crippen molar-refractivity contribution in [2.75, 3.05) is 0 Å². The van der Waals surface area contributed by atoms with Gasteiger partial charge in [-0.3, -0.25) is 15.1 Å². The Morgan fingerprint density at radius 3 is 2.46 bits per heavy atom. The van der Waals surface area contributed by atoms with Crippen molar-refractivity contribution < 1.29 is 22.8 Å². The quantitative estimate of drug-likeness (QED) is 0.720. The fourth-order valence-corrected chi connectivity index (χ4v) is 3.36. The molecule has 1 atom stereocenters. The van der Waals surface area contributed by atoms with Crippen LogP contribution < -0.4 is 10.8 Å². The third kappa shape index (κ3) is 4.11. The molecule has 1 aliphatic rings. The van der Waals surface area contributed by atoms with Crippen molar-refractivity contribution in [3.63, 3.8) is 0 Å². The molecule has 9 heteroatoms. The molecule has 2 aromatic carbocycles. The zero-order valence-electron chi connectivity index (χ0n) is 14.5. The summed E-state index contributed by atoms with van der Waals surface area (Å²) in [5.41, 5.74) is 0.719. The third-order valence-electron chi connectivity index (χ3n) is 4.16. The molecule has 1 unspecified atom stereocenters. The molecule has 0 aliphatic carbocycles. The molecule has 3 rings (SSSR count). The van der Waals surface area contributed by atoms with Crippen LogP contribution >= 0.6 is 23.2 Å². The predicted octanol–water partition coefficient (Wildman–Crippen LogP) is 4.96. The summed E-state index contributed by atoms with van der Waals surface area (Å²) in [6, 6.07) is 10.4.